The fourth-order valence-corrected chi connectivity index (χ4v) is 2.08. The Balaban J connectivity index is 3.05. The summed E-state index contributed by atoms with van der Waals surface area (Å²) in [5.41, 5.74) is 5.57. The van der Waals surface area contributed by atoms with Crippen molar-refractivity contribution in [3.63, 3.8) is 0 Å². The first-order valence-electron chi connectivity index (χ1n) is 7.84. The second kappa shape index (κ2) is 14.7. The summed E-state index contributed by atoms with van der Waals surface area (Å²) in [5.74, 6) is 0. The fraction of sp³-hybridized carbons (Fsp3) is 0.875. The van der Waals surface area contributed by atoms with Gasteiger partial charge in [-0.25, -0.2) is 0 Å². The second-order valence-electron chi connectivity index (χ2n) is 5.25. The number of aliphatic hydroxyl groups excluding tert-OH is 1. The molecule has 0 amide bonds. The normalized spacial score (nSPS) is 13.3. The molecule has 0 bridgehead atoms. The van der Waals surface area contributed by atoms with Gasteiger partial charge in [0.25, 0.3) is 0 Å². The Morgan fingerprint density at radius 3 is 1.89 bits per heavy atom. The van der Waals surface area contributed by atoms with Gasteiger partial charge in [-0.3, -0.25) is 0 Å². The molecule has 0 spiro atoms. The summed E-state index contributed by atoms with van der Waals surface area (Å²) in [5, 5.41) is 8.74. The second-order valence-corrected chi connectivity index (χ2v) is 5.25. The van der Waals surface area contributed by atoms with E-state index in [4.69, 9.17) is 10.8 Å². The van der Waals surface area contributed by atoms with Crippen molar-refractivity contribution in [1.82, 2.24) is 0 Å². The average molecular weight is 255 g/mol. The lowest BCUT2D eigenvalue weighted by atomic mass is 10.1. The minimum absolute atomic E-state index is 0.0501. The van der Waals surface area contributed by atoms with Gasteiger partial charge in [-0.2, -0.15) is 0 Å². The first-order chi connectivity index (χ1) is 8.81. The molecule has 2 nitrogen and oxygen atoms in total. The van der Waals surface area contributed by atoms with Gasteiger partial charge in [0.05, 0.1) is 6.61 Å². The smallest absolute Gasteiger partial charge is 0.0618 e. The monoisotopic (exact) mass is 255 g/mol. The van der Waals surface area contributed by atoms with E-state index in [1.807, 2.05) is 6.08 Å². The van der Waals surface area contributed by atoms with Crippen LogP contribution in [-0.2, 0) is 0 Å². The molecule has 0 aromatic carbocycles. The van der Waals surface area contributed by atoms with Crippen LogP contribution in [0, 0.1) is 0 Å². The maximum Gasteiger partial charge on any atom is 0.0618 e. The maximum absolute atomic E-state index is 8.74. The quantitative estimate of drug-likeness (QED) is 0.383. The molecule has 0 heterocycles. The topological polar surface area (TPSA) is 46.2 Å². The molecule has 0 fully saturated rings. The van der Waals surface area contributed by atoms with E-state index < -0.39 is 0 Å². The van der Waals surface area contributed by atoms with E-state index in [9.17, 15) is 0 Å². The molecule has 1 unspecified atom stereocenters. The van der Waals surface area contributed by atoms with Gasteiger partial charge in [-0.15, -0.1) is 0 Å². The van der Waals surface area contributed by atoms with E-state index >= 15 is 0 Å². The van der Waals surface area contributed by atoms with Crippen molar-refractivity contribution in [3.05, 3.63) is 12.2 Å². The van der Waals surface area contributed by atoms with E-state index in [0.717, 1.165) is 6.42 Å². The van der Waals surface area contributed by atoms with Crippen LogP contribution in [0.2, 0.25) is 0 Å². The summed E-state index contributed by atoms with van der Waals surface area (Å²) in [6, 6.07) is -0.173. The van der Waals surface area contributed by atoms with Gasteiger partial charge in [0.1, 0.15) is 0 Å². The number of hydrogen-bond donors (Lipinski definition) is 2. The first-order valence-corrected chi connectivity index (χ1v) is 7.84. The summed E-state index contributed by atoms with van der Waals surface area (Å²) < 4.78 is 0. The van der Waals surface area contributed by atoms with E-state index in [1.54, 1.807) is 0 Å². The van der Waals surface area contributed by atoms with Crippen LogP contribution in [0.1, 0.15) is 77.6 Å². The molecule has 0 rings (SSSR count). The molecule has 18 heavy (non-hydrogen) atoms. The summed E-state index contributed by atoms with van der Waals surface area (Å²) in [6.45, 7) is 2.32. The molecule has 0 aromatic rings. The summed E-state index contributed by atoms with van der Waals surface area (Å²) >= 11 is 0. The SMILES string of the molecule is CCCCCCCCCCCC/C=C/C(N)CO. The minimum atomic E-state index is -0.173. The van der Waals surface area contributed by atoms with Crippen LogP contribution in [0.25, 0.3) is 0 Å². The predicted molar refractivity (Wildman–Crippen MR) is 80.7 cm³/mol. The van der Waals surface area contributed by atoms with Crippen LogP contribution < -0.4 is 5.73 Å². The third-order valence-electron chi connectivity index (χ3n) is 3.32. The average Bonchev–Trinajstić information content (AvgIpc) is 2.39. The first kappa shape index (κ1) is 17.7. The van der Waals surface area contributed by atoms with E-state index in [1.165, 1.54) is 64.2 Å². The molecule has 0 radical (unpaired) electrons. The molecule has 0 aromatic heterocycles. The Labute approximate surface area is 114 Å². The summed E-state index contributed by atoms with van der Waals surface area (Å²) in [6.07, 6.45) is 18.9. The minimum Gasteiger partial charge on any atom is -0.394 e. The molecular weight excluding hydrogens is 222 g/mol. The van der Waals surface area contributed by atoms with Crippen molar-refractivity contribution in [3.8, 4) is 0 Å². The highest BCUT2D eigenvalue weighted by Crippen LogP contribution is 2.11. The van der Waals surface area contributed by atoms with Crippen molar-refractivity contribution < 1.29 is 5.11 Å². The van der Waals surface area contributed by atoms with Crippen molar-refractivity contribution >= 4 is 0 Å². The third-order valence-corrected chi connectivity index (χ3v) is 3.32. The van der Waals surface area contributed by atoms with Crippen LogP contribution in [0.4, 0.5) is 0 Å². The predicted octanol–water partition coefficient (Wildman–Crippen LogP) is 4.17. The highest BCUT2D eigenvalue weighted by molar-refractivity contribution is 4.90. The molecule has 0 saturated heterocycles. The number of unbranched alkanes of at least 4 members (excludes halogenated alkanes) is 10. The van der Waals surface area contributed by atoms with E-state index in [0.29, 0.717) is 0 Å². The molecule has 0 saturated carbocycles. The molecule has 0 aliphatic heterocycles. The lowest BCUT2D eigenvalue weighted by molar-refractivity contribution is 0.284. The number of rotatable bonds is 13. The van der Waals surface area contributed by atoms with Crippen LogP contribution >= 0.6 is 0 Å². The van der Waals surface area contributed by atoms with Gasteiger partial charge in [-0.05, 0) is 12.8 Å². The van der Waals surface area contributed by atoms with Crippen LogP contribution in [0.5, 0.6) is 0 Å². The Morgan fingerprint density at radius 1 is 0.889 bits per heavy atom. The van der Waals surface area contributed by atoms with Crippen LogP contribution in [0.15, 0.2) is 12.2 Å². The van der Waals surface area contributed by atoms with Crippen LogP contribution in [0.3, 0.4) is 0 Å². The summed E-state index contributed by atoms with van der Waals surface area (Å²) in [7, 11) is 0. The molecule has 1 atom stereocenters. The zero-order chi connectivity index (χ0) is 13.5. The zero-order valence-electron chi connectivity index (χ0n) is 12.2. The highest BCUT2D eigenvalue weighted by Gasteiger charge is 1.93. The summed E-state index contributed by atoms with van der Waals surface area (Å²) in [4.78, 5) is 0. The van der Waals surface area contributed by atoms with E-state index in [-0.39, 0.29) is 12.6 Å². The van der Waals surface area contributed by atoms with Gasteiger partial charge in [0, 0.05) is 6.04 Å². The Hall–Kier alpha value is -0.340. The largest absolute Gasteiger partial charge is 0.394 e. The van der Waals surface area contributed by atoms with E-state index in [2.05, 4.69) is 13.0 Å². The fourth-order valence-electron chi connectivity index (χ4n) is 2.08. The lowest BCUT2D eigenvalue weighted by Gasteiger charge is -2.02. The van der Waals surface area contributed by atoms with Crippen molar-refractivity contribution in [2.24, 2.45) is 5.73 Å². The van der Waals surface area contributed by atoms with Crippen molar-refractivity contribution in [1.29, 1.82) is 0 Å². The number of allylic oxidation sites excluding steroid dienone is 1. The number of hydrogen-bond acceptors (Lipinski definition) is 2. The number of aliphatic hydroxyl groups is 1. The Kier molecular flexibility index (Phi) is 14.4. The molecule has 2 heteroatoms. The molecular formula is C16H33NO. The van der Waals surface area contributed by atoms with Crippen molar-refractivity contribution in [2.75, 3.05) is 6.61 Å². The third kappa shape index (κ3) is 13.7. The van der Waals surface area contributed by atoms with Gasteiger partial charge in [0.15, 0.2) is 0 Å². The zero-order valence-corrected chi connectivity index (χ0v) is 12.2. The molecule has 0 aliphatic rings. The van der Waals surface area contributed by atoms with Gasteiger partial charge in [0.2, 0.25) is 0 Å². The molecule has 108 valence electrons. The maximum atomic E-state index is 8.74. The van der Waals surface area contributed by atoms with Gasteiger partial charge in [-0.1, -0.05) is 76.9 Å². The van der Waals surface area contributed by atoms with Crippen LogP contribution in [-0.4, -0.2) is 17.8 Å². The molecule has 0 aliphatic carbocycles. The molecule has 3 N–H and O–H groups in total. The van der Waals surface area contributed by atoms with Crippen molar-refractivity contribution in [2.45, 2.75) is 83.6 Å². The lowest BCUT2D eigenvalue weighted by Crippen LogP contribution is -2.20. The highest BCUT2D eigenvalue weighted by atomic mass is 16.3. The Morgan fingerprint density at radius 2 is 1.39 bits per heavy atom. The standard InChI is InChI=1S/C16H33NO/c1-2-3-4-5-6-7-8-9-10-11-12-13-14-16(17)15-18/h13-14,16,18H,2-12,15,17H2,1H3/b14-13+. The van der Waals surface area contributed by atoms with Gasteiger partial charge >= 0.3 is 0 Å². The van der Waals surface area contributed by atoms with Gasteiger partial charge < -0.3 is 10.8 Å². The number of nitrogens with two attached hydrogens (primary N) is 1. The Bertz CT molecular complexity index is 180.